The van der Waals surface area contributed by atoms with Gasteiger partial charge in [-0.05, 0) is 37.3 Å². The Kier molecular flexibility index (Phi) is 6.08. The summed E-state index contributed by atoms with van der Waals surface area (Å²) in [5.74, 6) is 0.0207. The van der Waals surface area contributed by atoms with Crippen LogP contribution in [0.5, 0.6) is 5.75 Å². The molecule has 2 aromatic carbocycles. The third-order valence-electron chi connectivity index (χ3n) is 5.26. The number of unbranched alkanes of at least 4 members (excludes halogenated alkanes) is 2. The van der Waals surface area contributed by atoms with E-state index < -0.39 is 23.7 Å². The van der Waals surface area contributed by atoms with Gasteiger partial charge in [0.2, 0.25) is 5.91 Å². The molecule has 2 aromatic rings. The Morgan fingerprint density at radius 3 is 2.45 bits per heavy atom. The lowest BCUT2D eigenvalue weighted by Crippen LogP contribution is -2.51. The van der Waals surface area contributed by atoms with Crippen molar-refractivity contribution in [1.82, 2.24) is 10.4 Å². The molecule has 1 aliphatic heterocycles. The van der Waals surface area contributed by atoms with Crippen molar-refractivity contribution in [3.8, 4) is 5.75 Å². The second-order valence-electron chi connectivity index (χ2n) is 8.10. The monoisotopic (exact) mass is 408 g/mol. The molecular formula is C22H27F3N2O2. The molecule has 1 heterocycles. The van der Waals surface area contributed by atoms with Gasteiger partial charge < -0.3 is 4.74 Å². The first-order valence-electron chi connectivity index (χ1n) is 9.95. The van der Waals surface area contributed by atoms with E-state index in [0.717, 1.165) is 24.3 Å². The third-order valence-corrected chi connectivity index (χ3v) is 5.26. The van der Waals surface area contributed by atoms with Gasteiger partial charge >= 0.3 is 6.18 Å². The number of fused-ring (bicyclic) bond motifs is 1. The number of alkyl halides is 3. The predicted molar refractivity (Wildman–Crippen MR) is 106 cm³/mol. The first-order chi connectivity index (χ1) is 13.6. The highest BCUT2D eigenvalue weighted by Crippen LogP contribution is 2.46. The minimum absolute atomic E-state index is 0.00468. The summed E-state index contributed by atoms with van der Waals surface area (Å²) in [5, 5.41) is 2.15. The number of hydrogen-bond donors (Lipinski definition) is 1. The van der Waals surface area contributed by atoms with Crippen molar-refractivity contribution < 1.29 is 22.7 Å². The maximum absolute atomic E-state index is 14.3. The van der Waals surface area contributed by atoms with E-state index >= 15 is 0 Å². The fourth-order valence-corrected chi connectivity index (χ4v) is 3.90. The van der Waals surface area contributed by atoms with Gasteiger partial charge in [-0.1, -0.05) is 50.1 Å². The lowest BCUT2D eigenvalue weighted by atomic mass is 9.93. The highest BCUT2D eigenvalue weighted by Gasteiger charge is 2.53. The Hall–Kier alpha value is -2.28. The largest absolute Gasteiger partial charge is 0.493 e. The number of nitrogens with one attached hydrogen (secondary N) is 1. The first-order valence-corrected chi connectivity index (χ1v) is 9.95. The molecule has 1 saturated heterocycles. The van der Waals surface area contributed by atoms with Crippen LogP contribution in [0.15, 0.2) is 36.4 Å². The van der Waals surface area contributed by atoms with Crippen molar-refractivity contribution in [3.05, 3.63) is 42.0 Å². The van der Waals surface area contributed by atoms with Gasteiger partial charge in [-0.2, -0.15) is 18.2 Å². The van der Waals surface area contributed by atoms with E-state index in [1.165, 1.54) is 6.07 Å². The zero-order valence-electron chi connectivity index (χ0n) is 17.0. The van der Waals surface area contributed by atoms with E-state index in [-0.39, 0.29) is 12.0 Å². The minimum atomic E-state index is -4.58. The maximum Gasteiger partial charge on any atom is 0.409 e. The number of halogens is 3. The Balaban J connectivity index is 2.11. The molecule has 1 aliphatic rings. The van der Waals surface area contributed by atoms with Gasteiger partial charge in [0.15, 0.2) is 6.04 Å². The summed E-state index contributed by atoms with van der Waals surface area (Å²) in [6.07, 6.45) is -1.71. The number of amides is 1. The van der Waals surface area contributed by atoms with Crippen LogP contribution in [-0.4, -0.2) is 29.2 Å². The summed E-state index contributed by atoms with van der Waals surface area (Å²) in [5.41, 5.74) is 1.53. The van der Waals surface area contributed by atoms with Crippen molar-refractivity contribution >= 4 is 16.7 Å². The number of carbonyl (C=O) groups is 1. The lowest BCUT2D eigenvalue weighted by molar-refractivity contribution is -0.203. The molecule has 0 saturated carbocycles. The number of rotatable bonds is 7. The number of benzene rings is 2. The van der Waals surface area contributed by atoms with Gasteiger partial charge in [0, 0.05) is 17.3 Å². The van der Waals surface area contributed by atoms with Crippen LogP contribution in [0.3, 0.4) is 0 Å². The average Bonchev–Trinajstić information content (AvgIpc) is 2.90. The average molecular weight is 408 g/mol. The van der Waals surface area contributed by atoms with Gasteiger partial charge in [0.05, 0.1) is 6.61 Å². The quantitative estimate of drug-likeness (QED) is 0.613. The molecule has 1 unspecified atom stereocenters. The summed E-state index contributed by atoms with van der Waals surface area (Å²) in [4.78, 5) is 11.9. The highest BCUT2D eigenvalue weighted by atomic mass is 19.4. The molecule has 7 heteroatoms. The summed E-state index contributed by atoms with van der Waals surface area (Å²) < 4.78 is 48.8. The number of ether oxygens (including phenoxy) is 1. The minimum Gasteiger partial charge on any atom is -0.493 e. The van der Waals surface area contributed by atoms with Crippen LogP contribution in [0.2, 0.25) is 0 Å². The third kappa shape index (κ3) is 4.50. The zero-order chi connectivity index (χ0) is 21.2. The number of carbonyl (C=O) groups excluding carboxylic acids is 1. The fraction of sp³-hybridized carbons (Fsp3) is 0.500. The van der Waals surface area contributed by atoms with E-state index in [1.807, 2.05) is 0 Å². The summed E-state index contributed by atoms with van der Waals surface area (Å²) >= 11 is 0. The standard InChI is InChI=1S/C22H27F3N2O2/c1-4-5-6-13-29-17-12-8-10-15-9-7-11-16(19(15)17)20(22(23,24)25)27-21(2,3)14-18(28)26-27/h7-12,20H,4-6,13-14H2,1-3H3,(H,26,28). The highest BCUT2D eigenvalue weighted by molar-refractivity contribution is 5.92. The van der Waals surface area contributed by atoms with Gasteiger partial charge in [-0.25, -0.2) is 0 Å². The molecule has 0 bridgehead atoms. The van der Waals surface area contributed by atoms with Crippen LogP contribution in [0.25, 0.3) is 10.8 Å². The van der Waals surface area contributed by atoms with Crippen LogP contribution in [0, 0.1) is 0 Å². The van der Waals surface area contributed by atoms with E-state index in [4.69, 9.17) is 4.74 Å². The first kappa shape index (κ1) is 21.4. The van der Waals surface area contributed by atoms with Crippen molar-refractivity contribution in [3.63, 3.8) is 0 Å². The Labute approximate surface area is 169 Å². The van der Waals surface area contributed by atoms with Crippen LogP contribution in [0.1, 0.15) is 58.1 Å². The molecule has 0 aromatic heterocycles. The smallest absolute Gasteiger partial charge is 0.409 e. The molecule has 0 aliphatic carbocycles. The van der Waals surface area contributed by atoms with Crippen LogP contribution < -0.4 is 10.2 Å². The molecule has 1 amide bonds. The van der Waals surface area contributed by atoms with Gasteiger partial charge in [0.25, 0.3) is 0 Å². The van der Waals surface area contributed by atoms with Crippen LogP contribution in [0.4, 0.5) is 13.2 Å². The maximum atomic E-state index is 14.3. The second kappa shape index (κ2) is 8.22. The van der Waals surface area contributed by atoms with Gasteiger partial charge in [0.1, 0.15) is 5.75 Å². The van der Waals surface area contributed by atoms with Crippen LogP contribution in [-0.2, 0) is 4.79 Å². The Bertz CT molecular complexity index is 875. The van der Waals surface area contributed by atoms with Crippen molar-refractivity contribution in [2.75, 3.05) is 6.61 Å². The second-order valence-corrected chi connectivity index (χ2v) is 8.10. The molecule has 1 atom stereocenters. The topological polar surface area (TPSA) is 41.6 Å². The Morgan fingerprint density at radius 1 is 1.17 bits per heavy atom. The van der Waals surface area contributed by atoms with E-state index in [2.05, 4.69) is 12.3 Å². The van der Waals surface area contributed by atoms with E-state index in [1.54, 1.807) is 44.2 Å². The van der Waals surface area contributed by atoms with Gasteiger partial charge in [-0.3, -0.25) is 10.2 Å². The van der Waals surface area contributed by atoms with Gasteiger partial charge in [-0.15, -0.1) is 0 Å². The molecule has 3 rings (SSSR count). The molecule has 0 spiro atoms. The molecule has 158 valence electrons. The molecular weight excluding hydrogens is 381 g/mol. The zero-order valence-corrected chi connectivity index (χ0v) is 17.0. The molecule has 0 radical (unpaired) electrons. The van der Waals surface area contributed by atoms with Crippen molar-refractivity contribution in [2.45, 2.75) is 64.2 Å². The summed E-state index contributed by atoms with van der Waals surface area (Å²) in [7, 11) is 0. The lowest BCUT2D eigenvalue weighted by Gasteiger charge is -2.38. The fourth-order valence-electron chi connectivity index (χ4n) is 3.90. The normalized spacial score (nSPS) is 18.1. The Morgan fingerprint density at radius 2 is 1.86 bits per heavy atom. The SMILES string of the molecule is CCCCCOc1cccc2cccc(C(N3NC(=O)CC3(C)C)C(F)(F)F)c12. The molecule has 4 nitrogen and oxygen atoms in total. The predicted octanol–water partition coefficient (Wildman–Crippen LogP) is 5.53. The number of nitrogens with zero attached hydrogens (tertiary/aromatic N) is 1. The molecule has 1 N–H and O–H groups in total. The molecule has 1 fully saturated rings. The van der Waals surface area contributed by atoms with Crippen LogP contribution >= 0.6 is 0 Å². The summed E-state index contributed by atoms with van der Waals surface area (Å²) in [6, 6.07) is 8.15. The van der Waals surface area contributed by atoms with E-state index in [0.29, 0.717) is 23.1 Å². The van der Waals surface area contributed by atoms with Crippen molar-refractivity contribution in [2.24, 2.45) is 0 Å². The number of hydrazine groups is 1. The number of hydrogen-bond acceptors (Lipinski definition) is 3. The van der Waals surface area contributed by atoms with Crippen molar-refractivity contribution in [1.29, 1.82) is 0 Å². The van der Waals surface area contributed by atoms with E-state index in [9.17, 15) is 18.0 Å². The molecule has 29 heavy (non-hydrogen) atoms. The summed E-state index contributed by atoms with van der Waals surface area (Å²) in [6.45, 7) is 5.80.